The minimum atomic E-state index is 0.00856. The van der Waals surface area contributed by atoms with E-state index in [2.05, 4.69) is 5.32 Å². The van der Waals surface area contributed by atoms with Crippen LogP contribution in [0.15, 0.2) is 24.3 Å². The molecule has 5 heteroatoms. The third kappa shape index (κ3) is 5.34. The molecule has 0 radical (unpaired) electrons. The normalized spacial score (nSPS) is 15.6. The zero-order valence-corrected chi connectivity index (χ0v) is 14.9. The zero-order chi connectivity index (χ0) is 17.4. The lowest BCUT2D eigenvalue weighted by molar-refractivity contribution is -0.890. The van der Waals surface area contributed by atoms with Gasteiger partial charge in [-0.05, 0) is 57.7 Å². The largest absolute Gasteiger partial charge is 0.339 e. The van der Waals surface area contributed by atoms with Gasteiger partial charge in [0.05, 0.1) is 13.1 Å². The number of benzene rings is 1. The van der Waals surface area contributed by atoms with Gasteiger partial charge in [0.25, 0.3) is 11.8 Å². The molecule has 0 atom stereocenters. The Morgan fingerprint density at radius 1 is 1.08 bits per heavy atom. The van der Waals surface area contributed by atoms with Crippen LogP contribution >= 0.6 is 0 Å². The van der Waals surface area contributed by atoms with Crippen LogP contribution in [0.25, 0.3) is 0 Å². The van der Waals surface area contributed by atoms with E-state index in [-0.39, 0.29) is 11.8 Å². The standard InChI is InChI=1S/C19H29N3O2/c1-3-22(4-2)19(24)16-10-9-11-17(14-16)20-18(23)15-21-12-7-5-6-8-13-21/h9-11,14H,3-8,12-13,15H2,1-2H3,(H,20,23)/p+1. The Labute approximate surface area is 145 Å². The number of hydrogen-bond donors (Lipinski definition) is 2. The maximum atomic E-state index is 12.4. The molecule has 0 spiro atoms. The number of carbonyl (C=O) groups is 2. The van der Waals surface area contributed by atoms with Crippen molar-refractivity contribution in [1.82, 2.24) is 4.90 Å². The van der Waals surface area contributed by atoms with Gasteiger partial charge in [-0.3, -0.25) is 9.59 Å². The lowest BCUT2D eigenvalue weighted by atomic mass is 10.1. The molecule has 0 aromatic heterocycles. The number of hydrogen-bond acceptors (Lipinski definition) is 2. The Bertz CT molecular complexity index is 547. The highest BCUT2D eigenvalue weighted by atomic mass is 16.2. The summed E-state index contributed by atoms with van der Waals surface area (Å²) in [6.45, 7) is 7.97. The van der Waals surface area contributed by atoms with Crippen LogP contribution in [0.1, 0.15) is 49.9 Å². The Morgan fingerprint density at radius 3 is 2.38 bits per heavy atom. The molecule has 1 heterocycles. The van der Waals surface area contributed by atoms with E-state index >= 15 is 0 Å². The number of nitrogens with zero attached hydrogens (tertiary/aromatic N) is 1. The summed E-state index contributed by atoms with van der Waals surface area (Å²) in [4.78, 5) is 27.8. The Morgan fingerprint density at radius 2 is 1.75 bits per heavy atom. The molecule has 132 valence electrons. The van der Waals surface area contributed by atoms with Crippen LogP contribution in [0.4, 0.5) is 5.69 Å². The van der Waals surface area contributed by atoms with E-state index in [9.17, 15) is 9.59 Å². The van der Waals surface area contributed by atoms with Gasteiger partial charge in [-0.15, -0.1) is 0 Å². The second kappa shape index (κ2) is 9.42. The summed E-state index contributed by atoms with van der Waals surface area (Å²) in [5, 5.41) is 2.95. The molecule has 2 rings (SSSR count). The molecule has 1 saturated heterocycles. The van der Waals surface area contributed by atoms with E-state index in [0.717, 1.165) is 13.1 Å². The third-order valence-corrected chi connectivity index (χ3v) is 4.67. The van der Waals surface area contributed by atoms with Gasteiger partial charge in [-0.25, -0.2) is 0 Å². The highest BCUT2D eigenvalue weighted by Crippen LogP contribution is 2.12. The van der Waals surface area contributed by atoms with E-state index in [1.165, 1.54) is 30.6 Å². The van der Waals surface area contributed by atoms with Crippen molar-refractivity contribution in [2.45, 2.75) is 39.5 Å². The smallest absolute Gasteiger partial charge is 0.279 e. The van der Waals surface area contributed by atoms with Gasteiger partial charge in [0.15, 0.2) is 6.54 Å². The summed E-state index contributed by atoms with van der Waals surface area (Å²) in [6.07, 6.45) is 4.97. The molecule has 0 aliphatic carbocycles. The molecule has 1 aromatic rings. The average Bonchev–Trinajstić information content (AvgIpc) is 2.84. The Hall–Kier alpha value is -1.88. The summed E-state index contributed by atoms with van der Waals surface area (Å²) < 4.78 is 0. The number of likely N-dealkylation sites (tertiary alicyclic amines) is 1. The fourth-order valence-corrected chi connectivity index (χ4v) is 3.26. The van der Waals surface area contributed by atoms with Crippen LogP contribution in [0.3, 0.4) is 0 Å². The number of rotatable bonds is 6. The molecule has 2 amide bonds. The van der Waals surface area contributed by atoms with Crippen molar-refractivity contribution >= 4 is 17.5 Å². The fraction of sp³-hybridized carbons (Fsp3) is 0.579. The lowest BCUT2D eigenvalue weighted by Crippen LogP contribution is -3.12. The quantitative estimate of drug-likeness (QED) is 0.831. The van der Waals surface area contributed by atoms with Crippen molar-refractivity contribution < 1.29 is 14.5 Å². The molecule has 24 heavy (non-hydrogen) atoms. The highest BCUT2D eigenvalue weighted by molar-refractivity contribution is 5.97. The van der Waals surface area contributed by atoms with Gasteiger partial charge in [-0.1, -0.05) is 6.07 Å². The average molecular weight is 332 g/mol. The molecular formula is C19H30N3O2+. The van der Waals surface area contributed by atoms with Crippen molar-refractivity contribution in [2.24, 2.45) is 0 Å². The maximum absolute atomic E-state index is 12.4. The first-order chi connectivity index (χ1) is 11.6. The zero-order valence-electron chi connectivity index (χ0n) is 14.9. The minimum Gasteiger partial charge on any atom is -0.339 e. The molecule has 0 unspecified atom stereocenters. The fourth-order valence-electron chi connectivity index (χ4n) is 3.26. The van der Waals surface area contributed by atoms with E-state index < -0.39 is 0 Å². The van der Waals surface area contributed by atoms with E-state index in [1.54, 1.807) is 17.0 Å². The van der Waals surface area contributed by atoms with Crippen molar-refractivity contribution in [3.8, 4) is 0 Å². The van der Waals surface area contributed by atoms with Crippen LogP contribution in [0.5, 0.6) is 0 Å². The molecular weight excluding hydrogens is 302 g/mol. The first kappa shape index (κ1) is 18.5. The molecule has 1 fully saturated rings. The van der Waals surface area contributed by atoms with E-state index in [4.69, 9.17) is 0 Å². The predicted octanol–water partition coefficient (Wildman–Crippen LogP) is 1.57. The second-order valence-electron chi connectivity index (χ2n) is 6.45. The van der Waals surface area contributed by atoms with Gasteiger partial charge in [0.1, 0.15) is 0 Å². The first-order valence-corrected chi connectivity index (χ1v) is 9.16. The summed E-state index contributed by atoms with van der Waals surface area (Å²) in [5.74, 6) is 0.0357. The molecule has 1 aromatic carbocycles. The Kier molecular flexibility index (Phi) is 7.25. The molecule has 5 nitrogen and oxygen atoms in total. The van der Waals surface area contributed by atoms with Crippen molar-refractivity contribution in [1.29, 1.82) is 0 Å². The molecule has 1 aliphatic heterocycles. The Balaban J connectivity index is 1.95. The van der Waals surface area contributed by atoms with Gasteiger partial charge in [-0.2, -0.15) is 0 Å². The molecule has 1 aliphatic rings. The van der Waals surface area contributed by atoms with Gasteiger partial charge in [0.2, 0.25) is 0 Å². The van der Waals surface area contributed by atoms with Crippen molar-refractivity contribution in [3.05, 3.63) is 29.8 Å². The molecule has 0 saturated carbocycles. The maximum Gasteiger partial charge on any atom is 0.279 e. The second-order valence-corrected chi connectivity index (χ2v) is 6.45. The minimum absolute atomic E-state index is 0.00856. The summed E-state index contributed by atoms with van der Waals surface area (Å²) >= 11 is 0. The van der Waals surface area contributed by atoms with E-state index in [1.807, 2.05) is 26.0 Å². The van der Waals surface area contributed by atoms with Gasteiger partial charge < -0.3 is 15.1 Å². The summed E-state index contributed by atoms with van der Waals surface area (Å²) in [5.41, 5.74) is 1.32. The van der Waals surface area contributed by atoms with Crippen molar-refractivity contribution in [3.63, 3.8) is 0 Å². The summed E-state index contributed by atoms with van der Waals surface area (Å²) in [7, 11) is 0. The van der Waals surface area contributed by atoms with E-state index in [0.29, 0.717) is 30.9 Å². The number of carbonyl (C=O) groups excluding carboxylic acids is 2. The van der Waals surface area contributed by atoms with Crippen LogP contribution in [0.2, 0.25) is 0 Å². The van der Waals surface area contributed by atoms with Crippen LogP contribution in [-0.4, -0.2) is 49.4 Å². The van der Waals surface area contributed by atoms with Gasteiger partial charge in [0, 0.05) is 24.3 Å². The predicted molar refractivity (Wildman–Crippen MR) is 96.4 cm³/mol. The van der Waals surface area contributed by atoms with Gasteiger partial charge >= 0.3 is 0 Å². The monoisotopic (exact) mass is 332 g/mol. The SMILES string of the molecule is CCN(CC)C(=O)c1cccc(NC(=O)C[NH+]2CCCCCC2)c1. The molecule has 2 N–H and O–H groups in total. The van der Waals surface area contributed by atoms with Crippen LogP contribution < -0.4 is 10.2 Å². The van der Waals surface area contributed by atoms with Crippen LogP contribution in [0, 0.1) is 0 Å². The number of amides is 2. The highest BCUT2D eigenvalue weighted by Gasteiger charge is 2.17. The summed E-state index contributed by atoms with van der Waals surface area (Å²) in [6, 6.07) is 7.24. The van der Waals surface area contributed by atoms with Crippen LogP contribution in [-0.2, 0) is 4.79 Å². The molecule has 0 bridgehead atoms. The topological polar surface area (TPSA) is 53.9 Å². The number of nitrogens with one attached hydrogen (secondary N) is 2. The number of quaternary nitrogens is 1. The first-order valence-electron chi connectivity index (χ1n) is 9.16. The lowest BCUT2D eigenvalue weighted by Gasteiger charge is -2.19. The number of anilines is 1. The van der Waals surface area contributed by atoms with Crippen molar-refractivity contribution in [2.75, 3.05) is 38.0 Å². The third-order valence-electron chi connectivity index (χ3n) is 4.67.